The molecule has 1 aromatic carbocycles. The average Bonchev–Trinajstić information content (AvgIpc) is 2.60. The van der Waals surface area contributed by atoms with E-state index in [4.69, 9.17) is 0 Å². The molecule has 20 heavy (non-hydrogen) atoms. The first kappa shape index (κ1) is 15.3. The molecule has 4 nitrogen and oxygen atoms in total. The van der Waals surface area contributed by atoms with Crippen molar-refractivity contribution in [3.8, 4) is 0 Å². The molecule has 0 atom stereocenters. The van der Waals surface area contributed by atoms with Crippen molar-refractivity contribution in [2.75, 3.05) is 43.1 Å². The van der Waals surface area contributed by atoms with Crippen LogP contribution in [0, 0.1) is 0 Å². The van der Waals surface area contributed by atoms with Gasteiger partial charge in [-0.15, -0.1) is 0 Å². The minimum absolute atomic E-state index is 0.212. The second-order valence-electron chi connectivity index (χ2n) is 5.45. The lowest BCUT2D eigenvalue weighted by Crippen LogP contribution is -2.34. The van der Waals surface area contributed by atoms with Crippen LogP contribution in [0.5, 0.6) is 0 Å². The lowest BCUT2D eigenvalue weighted by atomic mass is 10.1. The number of rotatable bonds is 6. The van der Waals surface area contributed by atoms with Crippen LogP contribution in [0.25, 0.3) is 0 Å². The molecule has 1 aliphatic rings. The topological polar surface area (TPSA) is 49.4 Å². The number of hydrogen-bond acceptors (Lipinski definition) is 4. The SMILES string of the molecule is CS(=O)(=O)CCNCCN1CCCCc2ccccc21. The summed E-state index contributed by atoms with van der Waals surface area (Å²) < 4.78 is 22.1. The summed E-state index contributed by atoms with van der Waals surface area (Å²) in [5.41, 5.74) is 2.77. The molecule has 0 fully saturated rings. The fourth-order valence-corrected chi connectivity index (χ4v) is 3.11. The van der Waals surface area contributed by atoms with Crippen LogP contribution in [0.3, 0.4) is 0 Å². The van der Waals surface area contributed by atoms with Gasteiger partial charge in [0.1, 0.15) is 9.84 Å². The number of hydrogen-bond donors (Lipinski definition) is 1. The largest absolute Gasteiger partial charge is 0.370 e. The van der Waals surface area contributed by atoms with Gasteiger partial charge in [-0.2, -0.15) is 0 Å². The van der Waals surface area contributed by atoms with Crippen molar-refractivity contribution in [3.63, 3.8) is 0 Å². The number of benzene rings is 1. The summed E-state index contributed by atoms with van der Waals surface area (Å²) in [6.07, 6.45) is 4.90. The van der Waals surface area contributed by atoms with Gasteiger partial charge in [0.25, 0.3) is 0 Å². The van der Waals surface area contributed by atoms with Crippen molar-refractivity contribution in [2.45, 2.75) is 19.3 Å². The zero-order valence-electron chi connectivity index (χ0n) is 12.1. The van der Waals surface area contributed by atoms with Crippen LogP contribution in [-0.2, 0) is 16.3 Å². The van der Waals surface area contributed by atoms with Crippen molar-refractivity contribution in [2.24, 2.45) is 0 Å². The van der Waals surface area contributed by atoms with Gasteiger partial charge in [0, 0.05) is 38.1 Å². The molecule has 1 N–H and O–H groups in total. The molecule has 0 aliphatic carbocycles. The van der Waals surface area contributed by atoms with E-state index in [9.17, 15) is 8.42 Å². The molecule has 0 spiro atoms. The third-order valence-corrected chi connectivity index (χ3v) is 4.61. The number of nitrogens with zero attached hydrogens (tertiary/aromatic N) is 1. The van der Waals surface area contributed by atoms with Crippen LogP contribution in [0.1, 0.15) is 18.4 Å². The summed E-state index contributed by atoms with van der Waals surface area (Å²) in [5.74, 6) is 0.212. The molecule has 0 aromatic heterocycles. The van der Waals surface area contributed by atoms with Gasteiger partial charge in [-0.25, -0.2) is 8.42 Å². The van der Waals surface area contributed by atoms with Crippen LogP contribution in [0.4, 0.5) is 5.69 Å². The molecule has 0 amide bonds. The molecule has 1 heterocycles. The highest BCUT2D eigenvalue weighted by Crippen LogP contribution is 2.25. The first-order chi connectivity index (χ1) is 9.56. The van der Waals surface area contributed by atoms with Crippen molar-refractivity contribution < 1.29 is 8.42 Å². The molecule has 1 aromatic rings. The first-order valence-electron chi connectivity index (χ1n) is 7.27. The third kappa shape index (κ3) is 4.80. The Morgan fingerprint density at radius 1 is 1.20 bits per heavy atom. The van der Waals surface area contributed by atoms with E-state index in [1.54, 1.807) is 0 Å². The van der Waals surface area contributed by atoms with Crippen molar-refractivity contribution in [3.05, 3.63) is 29.8 Å². The van der Waals surface area contributed by atoms with Gasteiger partial charge < -0.3 is 10.2 Å². The molecule has 0 unspecified atom stereocenters. The molecular weight excluding hydrogens is 272 g/mol. The number of aryl methyl sites for hydroxylation is 1. The predicted octanol–water partition coefficient (Wildman–Crippen LogP) is 1.46. The maximum absolute atomic E-state index is 11.1. The zero-order valence-corrected chi connectivity index (χ0v) is 13.0. The van der Waals surface area contributed by atoms with Gasteiger partial charge in [0.05, 0.1) is 5.75 Å². The van der Waals surface area contributed by atoms with Gasteiger partial charge in [-0.1, -0.05) is 18.2 Å². The molecule has 5 heteroatoms. The van der Waals surface area contributed by atoms with Crippen molar-refractivity contribution in [1.29, 1.82) is 0 Å². The molecule has 112 valence electrons. The van der Waals surface area contributed by atoms with Crippen LogP contribution >= 0.6 is 0 Å². The zero-order chi connectivity index (χ0) is 14.4. The van der Waals surface area contributed by atoms with E-state index in [-0.39, 0.29) is 5.75 Å². The van der Waals surface area contributed by atoms with Gasteiger partial charge >= 0.3 is 0 Å². The standard InChI is InChI=1S/C15H24N2O2S/c1-20(18,19)13-10-16-9-12-17-11-5-4-7-14-6-2-3-8-15(14)17/h2-3,6,8,16H,4-5,7,9-13H2,1H3. The van der Waals surface area contributed by atoms with E-state index in [2.05, 4.69) is 34.5 Å². The van der Waals surface area contributed by atoms with E-state index < -0.39 is 9.84 Å². The second-order valence-corrected chi connectivity index (χ2v) is 7.71. The number of nitrogens with one attached hydrogen (secondary N) is 1. The van der Waals surface area contributed by atoms with E-state index in [1.165, 1.54) is 30.3 Å². The number of para-hydroxylation sites is 1. The molecular formula is C15H24N2O2S. The second kappa shape index (κ2) is 7.09. The fraction of sp³-hybridized carbons (Fsp3) is 0.600. The van der Waals surface area contributed by atoms with Crippen LogP contribution in [0.2, 0.25) is 0 Å². The maximum atomic E-state index is 11.1. The Balaban J connectivity index is 1.84. The molecule has 0 saturated heterocycles. The minimum atomic E-state index is -2.86. The van der Waals surface area contributed by atoms with Crippen LogP contribution < -0.4 is 10.2 Å². The molecule has 0 saturated carbocycles. The predicted molar refractivity (Wildman–Crippen MR) is 84.2 cm³/mol. The summed E-state index contributed by atoms with van der Waals surface area (Å²) in [6, 6.07) is 8.60. The normalized spacial score (nSPS) is 15.8. The Morgan fingerprint density at radius 3 is 2.80 bits per heavy atom. The Morgan fingerprint density at radius 2 is 2.00 bits per heavy atom. The Kier molecular flexibility index (Phi) is 5.43. The highest BCUT2D eigenvalue weighted by molar-refractivity contribution is 7.90. The summed E-state index contributed by atoms with van der Waals surface area (Å²) in [7, 11) is -2.86. The smallest absolute Gasteiger partial charge is 0.148 e. The van der Waals surface area contributed by atoms with Crippen molar-refractivity contribution >= 4 is 15.5 Å². The highest BCUT2D eigenvalue weighted by Gasteiger charge is 2.13. The Bertz CT molecular complexity index is 528. The lowest BCUT2D eigenvalue weighted by molar-refractivity contribution is 0.595. The third-order valence-electron chi connectivity index (χ3n) is 3.66. The molecule has 1 aliphatic heterocycles. The molecule has 0 radical (unpaired) electrons. The Hall–Kier alpha value is -1.07. The van der Waals surface area contributed by atoms with Gasteiger partial charge in [0.2, 0.25) is 0 Å². The summed E-state index contributed by atoms with van der Waals surface area (Å²) in [5, 5.41) is 3.22. The van der Waals surface area contributed by atoms with E-state index in [0.717, 1.165) is 26.1 Å². The van der Waals surface area contributed by atoms with Gasteiger partial charge in [-0.3, -0.25) is 0 Å². The number of fused-ring (bicyclic) bond motifs is 1. The fourth-order valence-electron chi connectivity index (χ4n) is 2.60. The molecule has 0 bridgehead atoms. The van der Waals surface area contributed by atoms with Crippen molar-refractivity contribution in [1.82, 2.24) is 5.32 Å². The van der Waals surface area contributed by atoms with Gasteiger partial charge in [-0.05, 0) is 30.9 Å². The number of sulfone groups is 1. The van der Waals surface area contributed by atoms with Crippen LogP contribution in [0.15, 0.2) is 24.3 Å². The van der Waals surface area contributed by atoms with E-state index >= 15 is 0 Å². The average molecular weight is 296 g/mol. The summed E-state index contributed by atoms with van der Waals surface area (Å²) >= 11 is 0. The van der Waals surface area contributed by atoms with Gasteiger partial charge in [0.15, 0.2) is 0 Å². The maximum Gasteiger partial charge on any atom is 0.148 e. The highest BCUT2D eigenvalue weighted by atomic mass is 32.2. The molecule has 2 rings (SSSR count). The van der Waals surface area contributed by atoms with Crippen LogP contribution in [-0.4, -0.2) is 46.6 Å². The lowest BCUT2D eigenvalue weighted by Gasteiger charge is -2.25. The summed E-state index contributed by atoms with van der Waals surface area (Å²) in [4.78, 5) is 2.41. The monoisotopic (exact) mass is 296 g/mol. The van der Waals surface area contributed by atoms with E-state index in [0.29, 0.717) is 6.54 Å². The Labute approximate surface area is 122 Å². The number of anilines is 1. The summed E-state index contributed by atoms with van der Waals surface area (Å²) in [6.45, 7) is 3.38. The quantitative estimate of drug-likeness (QED) is 0.808. The minimum Gasteiger partial charge on any atom is -0.370 e. The van der Waals surface area contributed by atoms with E-state index in [1.807, 2.05) is 0 Å². The first-order valence-corrected chi connectivity index (χ1v) is 9.33.